The number of benzene rings is 1. The number of anilines is 1. The molecule has 0 radical (unpaired) electrons. The molecule has 1 N–H and O–H groups in total. The van der Waals surface area contributed by atoms with Crippen LogP contribution in [-0.4, -0.2) is 58.9 Å². The van der Waals surface area contributed by atoms with Gasteiger partial charge in [0.15, 0.2) is 11.8 Å². The molecule has 0 amide bonds. The maximum Gasteiger partial charge on any atom is 0.194 e. The smallest absolute Gasteiger partial charge is 0.194 e. The van der Waals surface area contributed by atoms with Crippen molar-refractivity contribution in [3.05, 3.63) is 41.5 Å². The van der Waals surface area contributed by atoms with Gasteiger partial charge in [0.05, 0.1) is 12.2 Å². The van der Waals surface area contributed by atoms with E-state index < -0.39 is 11.6 Å². The Hall–Kier alpha value is -2.71. The Bertz CT molecular complexity index is 794. The van der Waals surface area contributed by atoms with Gasteiger partial charge >= 0.3 is 0 Å². The minimum Gasteiger partial charge on any atom is -0.366 e. The molecular formula is C17H23F2N7. The molecule has 3 rings (SSSR count). The van der Waals surface area contributed by atoms with Gasteiger partial charge in [-0.1, -0.05) is 0 Å². The first-order chi connectivity index (χ1) is 12.5. The van der Waals surface area contributed by atoms with Crippen LogP contribution >= 0.6 is 0 Å². The lowest BCUT2D eigenvalue weighted by Crippen LogP contribution is -2.52. The lowest BCUT2D eigenvalue weighted by Gasteiger charge is -2.37. The summed E-state index contributed by atoms with van der Waals surface area (Å²) in [6.07, 6.45) is 0. The molecular weight excluding hydrogens is 340 g/mol. The number of aryl methyl sites for hydroxylation is 1. The van der Waals surface area contributed by atoms with Crippen LogP contribution in [0.1, 0.15) is 11.6 Å². The van der Waals surface area contributed by atoms with Gasteiger partial charge in [-0.05, 0) is 19.1 Å². The first-order valence-electron chi connectivity index (χ1n) is 8.50. The predicted octanol–water partition coefficient (Wildman–Crippen LogP) is 1.30. The van der Waals surface area contributed by atoms with Crippen molar-refractivity contribution in [2.24, 2.45) is 12.0 Å². The second-order valence-electron chi connectivity index (χ2n) is 6.19. The van der Waals surface area contributed by atoms with E-state index in [1.54, 1.807) is 7.05 Å². The van der Waals surface area contributed by atoms with Crippen LogP contribution < -0.4 is 10.2 Å². The summed E-state index contributed by atoms with van der Waals surface area (Å²) < 4.78 is 29.3. The number of nitrogens with one attached hydrogen (secondary N) is 1. The zero-order valence-electron chi connectivity index (χ0n) is 15.2. The van der Waals surface area contributed by atoms with Crippen LogP contribution in [0.4, 0.5) is 14.5 Å². The van der Waals surface area contributed by atoms with Crippen molar-refractivity contribution < 1.29 is 8.78 Å². The molecule has 1 saturated heterocycles. The van der Waals surface area contributed by atoms with Gasteiger partial charge in [0, 0.05) is 46.3 Å². The number of halogens is 2. The van der Waals surface area contributed by atoms with Crippen LogP contribution in [-0.2, 0) is 13.6 Å². The molecule has 0 unspecified atom stereocenters. The fourth-order valence-electron chi connectivity index (χ4n) is 2.98. The highest BCUT2D eigenvalue weighted by Gasteiger charge is 2.22. The molecule has 9 heteroatoms. The topological polar surface area (TPSA) is 61.6 Å². The van der Waals surface area contributed by atoms with E-state index in [-0.39, 0.29) is 0 Å². The summed E-state index contributed by atoms with van der Waals surface area (Å²) in [5.41, 5.74) is 0.308. The lowest BCUT2D eigenvalue weighted by atomic mass is 10.2. The Morgan fingerprint density at radius 3 is 2.54 bits per heavy atom. The van der Waals surface area contributed by atoms with Gasteiger partial charge in [0.25, 0.3) is 0 Å². The summed E-state index contributed by atoms with van der Waals surface area (Å²) in [7, 11) is 3.64. The summed E-state index contributed by atoms with van der Waals surface area (Å²) in [6, 6.07) is 3.55. The van der Waals surface area contributed by atoms with Gasteiger partial charge in [0.2, 0.25) is 0 Å². The van der Waals surface area contributed by atoms with Crippen molar-refractivity contribution in [3.63, 3.8) is 0 Å². The summed E-state index contributed by atoms with van der Waals surface area (Å²) in [5, 5.41) is 11.5. The number of hydrogen-bond donors (Lipinski definition) is 1. The third-order valence-electron chi connectivity index (χ3n) is 4.63. The number of aliphatic imine (C=N–C) groups is 1. The van der Waals surface area contributed by atoms with Crippen molar-refractivity contribution in [2.45, 2.75) is 13.5 Å². The van der Waals surface area contributed by atoms with Gasteiger partial charge in [-0.25, -0.2) is 8.78 Å². The van der Waals surface area contributed by atoms with Crippen LogP contribution in [0.15, 0.2) is 23.2 Å². The zero-order chi connectivity index (χ0) is 18.7. The van der Waals surface area contributed by atoms with Crippen molar-refractivity contribution in [1.29, 1.82) is 0 Å². The van der Waals surface area contributed by atoms with E-state index in [4.69, 9.17) is 0 Å². The molecule has 1 aromatic heterocycles. The Morgan fingerprint density at radius 2 is 1.92 bits per heavy atom. The monoisotopic (exact) mass is 363 g/mol. The molecule has 1 aliphatic heterocycles. The number of piperazine rings is 1. The maximum absolute atomic E-state index is 14.0. The first kappa shape index (κ1) is 18.1. The summed E-state index contributed by atoms with van der Waals surface area (Å²) in [5.74, 6) is 1.59. The molecule has 0 bridgehead atoms. The van der Waals surface area contributed by atoms with Crippen LogP contribution in [0.3, 0.4) is 0 Å². The molecule has 1 aromatic carbocycles. The molecule has 2 heterocycles. The summed E-state index contributed by atoms with van der Waals surface area (Å²) in [6.45, 7) is 4.91. The van der Waals surface area contributed by atoms with E-state index >= 15 is 0 Å². The molecule has 2 aromatic rings. The van der Waals surface area contributed by atoms with Crippen molar-refractivity contribution in [1.82, 2.24) is 25.0 Å². The standard InChI is InChI=1S/C17H23F2N7/c1-12-22-23-16(24(12)3)11-21-17(20-2)26-8-6-25(7-9-26)15-10-13(18)4-5-14(15)19/h4-5,10H,6-9,11H2,1-3H3,(H,20,21). The second kappa shape index (κ2) is 7.67. The van der Waals surface area contributed by atoms with Gasteiger partial charge in [-0.15, -0.1) is 10.2 Å². The van der Waals surface area contributed by atoms with Crippen LogP contribution in [0.2, 0.25) is 0 Å². The average molecular weight is 363 g/mol. The highest BCUT2D eigenvalue weighted by molar-refractivity contribution is 5.80. The van der Waals surface area contributed by atoms with Gasteiger partial charge in [-0.2, -0.15) is 0 Å². The van der Waals surface area contributed by atoms with Crippen LogP contribution in [0.25, 0.3) is 0 Å². The molecule has 0 saturated carbocycles. The Labute approximate surface area is 151 Å². The van der Waals surface area contributed by atoms with E-state index in [2.05, 4.69) is 25.4 Å². The molecule has 0 spiro atoms. The summed E-state index contributed by atoms with van der Waals surface area (Å²) in [4.78, 5) is 8.26. The Kier molecular flexibility index (Phi) is 5.34. The average Bonchev–Trinajstić information content (AvgIpc) is 2.97. The van der Waals surface area contributed by atoms with Gasteiger partial charge < -0.3 is 19.7 Å². The van der Waals surface area contributed by atoms with Gasteiger partial charge in [-0.3, -0.25) is 4.99 Å². The predicted molar refractivity (Wildman–Crippen MR) is 96.1 cm³/mol. The van der Waals surface area contributed by atoms with E-state index in [9.17, 15) is 8.78 Å². The number of rotatable bonds is 3. The lowest BCUT2D eigenvalue weighted by molar-refractivity contribution is 0.369. The fraction of sp³-hybridized carbons (Fsp3) is 0.471. The van der Waals surface area contributed by atoms with E-state index in [0.29, 0.717) is 38.4 Å². The summed E-state index contributed by atoms with van der Waals surface area (Å²) >= 11 is 0. The molecule has 0 atom stereocenters. The Balaban J connectivity index is 1.59. The molecule has 26 heavy (non-hydrogen) atoms. The number of nitrogens with zero attached hydrogens (tertiary/aromatic N) is 6. The van der Waals surface area contributed by atoms with E-state index in [1.165, 1.54) is 12.1 Å². The molecule has 1 aliphatic rings. The van der Waals surface area contributed by atoms with Crippen molar-refractivity contribution >= 4 is 11.6 Å². The van der Waals surface area contributed by atoms with E-state index in [0.717, 1.165) is 23.7 Å². The number of aromatic nitrogens is 3. The highest BCUT2D eigenvalue weighted by Crippen LogP contribution is 2.21. The van der Waals surface area contributed by atoms with Crippen LogP contribution in [0.5, 0.6) is 0 Å². The second-order valence-corrected chi connectivity index (χ2v) is 6.19. The molecule has 7 nitrogen and oxygen atoms in total. The Morgan fingerprint density at radius 1 is 1.19 bits per heavy atom. The van der Waals surface area contributed by atoms with Crippen molar-refractivity contribution in [3.8, 4) is 0 Å². The zero-order valence-corrected chi connectivity index (χ0v) is 15.2. The van der Waals surface area contributed by atoms with Crippen LogP contribution in [0, 0.1) is 18.6 Å². The minimum atomic E-state index is -0.430. The first-order valence-corrected chi connectivity index (χ1v) is 8.50. The molecule has 140 valence electrons. The van der Waals surface area contributed by atoms with E-state index in [1.807, 2.05) is 23.4 Å². The fourth-order valence-corrected chi connectivity index (χ4v) is 2.98. The SMILES string of the molecule is CN=C(NCc1nnc(C)n1C)N1CCN(c2cc(F)ccc2F)CC1. The third kappa shape index (κ3) is 3.76. The number of hydrogen-bond acceptors (Lipinski definition) is 4. The van der Waals surface area contributed by atoms with Crippen molar-refractivity contribution in [2.75, 3.05) is 38.1 Å². The van der Waals surface area contributed by atoms with Gasteiger partial charge in [0.1, 0.15) is 17.5 Å². The molecule has 1 fully saturated rings. The number of guanidine groups is 1. The quantitative estimate of drug-likeness (QED) is 0.658. The highest BCUT2D eigenvalue weighted by atomic mass is 19.1. The third-order valence-corrected chi connectivity index (χ3v) is 4.63. The minimum absolute atomic E-state index is 0.308. The largest absolute Gasteiger partial charge is 0.366 e. The normalized spacial score (nSPS) is 15.5. The molecule has 0 aliphatic carbocycles. The maximum atomic E-state index is 14.0.